The zero-order chi connectivity index (χ0) is 18.4. The fourth-order valence-electron chi connectivity index (χ4n) is 3.21. The summed E-state index contributed by atoms with van der Waals surface area (Å²) in [5, 5.41) is 12.5. The summed E-state index contributed by atoms with van der Waals surface area (Å²) < 4.78 is 5.80. The fraction of sp³-hybridized carbons (Fsp3) is 0.500. The molecule has 0 saturated carbocycles. The minimum Gasteiger partial charge on any atom is -0.372 e. The topological polar surface area (TPSA) is 95.2 Å². The number of carbonyl (C=O) groups excluding carboxylic acids is 1. The number of aromatic amines is 1. The number of ether oxygens (including phenoxy) is 1. The zero-order valence-electron chi connectivity index (χ0n) is 15.2. The van der Waals surface area contributed by atoms with Crippen LogP contribution in [-0.2, 0) is 11.2 Å². The molecular weight excluding hydrogens is 332 g/mol. The van der Waals surface area contributed by atoms with Gasteiger partial charge in [0.1, 0.15) is 12.2 Å². The summed E-state index contributed by atoms with van der Waals surface area (Å²) in [5.41, 5.74) is 1.83. The van der Waals surface area contributed by atoms with Crippen molar-refractivity contribution in [3.05, 3.63) is 36.4 Å². The highest BCUT2D eigenvalue weighted by molar-refractivity contribution is 5.93. The molecule has 0 aliphatic carbocycles. The number of amides is 2. The average Bonchev–Trinajstić information content (AvgIpc) is 3.12. The van der Waals surface area contributed by atoms with Crippen LogP contribution in [0.25, 0.3) is 0 Å². The van der Waals surface area contributed by atoms with Gasteiger partial charge in [0, 0.05) is 26.1 Å². The number of hydrogen-bond acceptors (Lipinski definition) is 5. The lowest BCUT2D eigenvalue weighted by Crippen LogP contribution is -2.45. The van der Waals surface area contributed by atoms with Gasteiger partial charge in [0.25, 0.3) is 0 Å². The Hall–Kier alpha value is -2.61. The summed E-state index contributed by atoms with van der Waals surface area (Å²) >= 11 is 0. The first kappa shape index (κ1) is 18.2. The van der Waals surface area contributed by atoms with Crippen molar-refractivity contribution in [2.24, 2.45) is 0 Å². The van der Waals surface area contributed by atoms with Gasteiger partial charge in [-0.2, -0.15) is 5.10 Å². The van der Waals surface area contributed by atoms with Gasteiger partial charge in [0.2, 0.25) is 0 Å². The van der Waals surface area contributed by atoms with E-state index in [0.717, 1.165) is 43.1 Å². The van der Waals surface area contributed by atoms with Crippen LogP contribution in [0.5, 0.6) is 0 Å². The van der Waals surface area contributed by atoms with E-state index in [2.05, 4.69) is 44.6 Å². The first-order chi connectivity index (χ1) is 12.6. The Morgan fingerprint density at radius 3 is 2.81 bits per heavy atom. The van der Waals surface area contributed by atoms with Crippen LogP contribution in [0.1, 0.15) is 26.1 Å². The molecule has 140 valence electrons. The largest absolute Gasteiger partial charge is 0.372 e. The predicted molar refractivity (Wildman–Crippen MR) is 100 cm³/mol. The second-order valence-electron chi connectivity index (χ2n) is 6.60. The lowest BCUT2D eigenvalue weighted by molar-refractivity contribution is -0.00517. The minimum absolute atomic E-state index is 0.164. The quantitative estimate of drug-likeness (QED) is 0.688. The summed E-state index contributed by atoms with van der Waals surface area (Å²) in [6.07, 6.45) is 3.36. The molecule has 2 unspecified atom stereocenters. The van der Waals surface area contributed by atoms with Crippen molar-refractivity contribution in [3.8, 4) is 0 Å². The molecule has 8 heteroatoms. The molecule has 2 atom stereocenters. The fourth-order valence-corrected chi connectivity index (χ4v) is 3.21. The van der Waals surface area contributed by atoms with Crippen molar-refractivity contribution in [2.75, 3.05) is 29.9 Å². The van der Waals surface area contributed by atoms with Crippen LogP contribution in [0.15, 0.2) is 30.6 Å². The highest BCUT2D eigenvalue weighted by Crippen LogP contribution is 2.28. The Bertz CT molecular complexity index is 695. The molecule has 1 aromatic heterocycles. The molecule has 8 nitrogen and oxygen atoms in total. The number of H-pyrrole nitrogens is 1. The maximum absolute atomic E-state index is 12.2. The summed E-state index contributed by atoms with van der Waals surface area (Å²) in [5.74, 6) is 0.827. The third-order valence-corrected chi connectivity index (χ3v) is 4.25. The standard InChI is InChI=1S/C18H26N6O2/c1-13-10-24(11-14(2)26-13)16-7-4-3-6-15(16)22-18(25)19-9-5-8-17-20-12-21-23-17/h3-4,6-7,12-14H,5,8-11H2,1-2H3,(H2,19,22,25)(H,20,21,23). The van der Waals surface area contributed by atoms with E-state index in [1.807, 2.05) is 24.3 Å². The molecule has 1 fully saturated rings. The van der Waals surface area contributed by atoms with Gasteiger partial charge in [0.15, 0.2) is 0 Å². The molecule has 0 radical (unpaired) electrons. The van der Waals surface area contributed by atoms with E-state index in [9.17, 15) is 4.79 Å². The Morgan fingerprint density at radius 1 is 1.31 bits per heavy atom. The maximum Gasteiger partial charge on any atom is 0.319 e. The van der Waals surface area contributed by atoms with E-state index in [-0.39, 0.29) is 18.2 Å². The van der Waals surface area contributed by atoms with Crippen LogP contribution in [0.4, 0.5) is 16.2 Å². The molecule has 3 rings (SSSR count). The van der Waals surface area contributed by atoms with E-state index in [4.69, 9.17) is 4.74 Å². The first-order valence-corrected chi connectivity index (χ1v) is 9.00. The Kier molecular flexibility index (Phi) is 6.06. The number of hydrogen-bond donors (Lipinski definition) is 3. The average molecular weight is 358 g/mol. The third kappa shape index (κ3) is 4.95. The van der Waals surface area contributed by atoms with Gasteiger partial charge in [0.05, 0.1) is 23.6 Å². The van der Waals surface area contributed by atoms with Crippen molar-refractivity contribution >= 4 is 17.4 Å². The monoisotopic (exact) mass is 358 g/mol. The number of rotatable bonds is 6. The van der Waals surface area contributed by atoms with Crippen LogP contribution in [-0.4, -0.2) is 53.1 Å². The van der Waals surface area contributed by atoms with Gasteiger partial charge in [-0.1, -0.05) is 12.1 Å². The van der Waals surface area contributed by atoms with Gasteiger partial charge in [-0.05, 0) is 32.4 Å². The minimum atomic E-state index is -0.204. The lowest BCUT2D eigenvalue weighted by atomic mass is 10.1. The zero-order valence-corrected chi connectivity index (χ0v) is 15.2. The molecular formula is C18H26N6O2. The molecule has 2 heterocycles. The number of carbonyl (C=O) groups is 1. The first-order valence-electron chi connectivity index (χ1n) is 9.00. The summed E-state index contributed by atoms with van der Waals surface area (Å²) in [4.78, 5) is 18.6. The van der Waals surface area contributed by atoms with Crippen molar-refractivity contribution < 1.29 is 9.53 Å². The number of para-hydroxylation sites is 2. The van der Waals surface area contributed by atoms with E-state index >= 15 is 0 Å². The number of anilines is 2. The van der Waals surface area contributed by atoms with Gasteiger partial charge in [-0.3, -0.25) is 5.10 Å². The SMILES string of the molecule is CC1CN(c2ccccc2NC(=O)NCCCc2ncn[nH]2)CC(C)O1. The van der Waals surface area contributed by atoms with Gasteiger partial charge in [-0.15, -0.1) is 0 Å². The lowest BCUT2D eigenvalue weighted by Gasteiger charge is -2.37. The van der Waals surface area contributed by atoms with Gasteiger partial charge in [-0.25, -0.2) is 9.78 Å². The van der Waals surface area contributed by atoms with Crippen molar-refractivity contribution in [3.63, 3.8) is 0 Å². The van der Waals surface area contributed by atoms with Gasteiger partial charge < -0.3 is 20.3 Å². The van der Waals surface area contributed by atoms with Crippen molar-refractivity contribution in [1.29, 1.82) is 0 Å². The van der Waals surface area contributed by atoms with Crippen LogP contribution >= 0.6 is 0 Å². The van der Waals surface area contributed by atoms with E-state index in [1.165, 1.54) is 6.33 Å². The number of aryl methyl sites for hydroxylation is 1. The smallest absolute Gasteiger partial charge is 0.319 e. The van der Waals surface area contributed by atoms with Crippen LogP contribution < -0.4 is 15.5 Å². The van der Waals surface area contributed by atoms with Crippen molar-refractivity contribution in [2.45, 2.75) is 38.9 Å². The summed E-state index contributed by atoms with van der Waals surface area (Å²) in [6, 6.07) is 7.67. The van der Waals surface area contributed by atoms with Crippen LogP contribution in [0.2, 0.25) is 0 Å². The number of nitrogens with one attached hydrogen (secondary N) is 3. The summed E-state index contributed by atoms with van der Waals surface area (Å²) in [6.45, 7) is 6.32. The molecule has 1 aromatic carbocycles. The van der Waals surface area contributed by atoms with E-state index < -0.39 is 0 Å². The Morgan fingerprint density at radius 2 is 2.08 bits per heavy atom. The number of urea groups is 1. The molecule has 1 saturated heterocycles. The predicted octanol–water partition coefficient (Wildman–Crippen LogP) is 2.17. The number of aromatic nitrogens is 3. The van der Waals surface area contributed by atoms with Crippen LogP contribution in [0, 0.1) is 0 Å². The molecule has 0 spiro atoms. The Labute approximate surface area is 153 Å². The maximum atomic E-state index is 12.2. The highest BCUT2D eigenvalue weighted by atomic mass is 16.5. The molecule has 0 bridgehead atoms. The van der Waals surface area contributed by atoms with Gasteiger partial charge >= 0.3 is 6.03 Å². The second kappa shape index (κ2) is 8.66. The molecule has 1 aliphatic rings. The Balaban J connectivity index is 1.53. The molecule has 26 heavy (non-hydrogen) atoms. The number of morpholine rings is 1. The number of benzene rings is 1. The highest BCUT2D eigenvalue weighted by Gasteiger charge is 2.24. The number of nitrogens with zero attached hydrogens (tertiary/aromatic N) is 3. The van der Waals surface area contributed by atoms with E-state index in [0.29, 0.717) is 6.54 Å². The molecule has 3 N–H and O–H groups in total. The normalized spacial score (nSPS) is 20.0. The van der Waals surface area contributed by atoms with E-state index in [1.54, 1.807) is 0 Å². The summed E-state index contributed by atoms with van der Waals surface area (Å²) in [7, 11) is 0. The molecule has 1 aliphatic heterocycles. The second-order valence-corrected chi connectivity index (χ2v) is 6.60. The molecule has 2 amide bonds. The third-order valence-electron chi connectivity index (χ3n) is 4.25. The molecule has 2 aromatic rings. The van der Waals surface area contributed by atoms with Crippen molar-refractivity contribution in [1.82, 2.24) is 20.5 Å². The van der Waals surface area contributed by atoms with Crippen LogP contribution in [0.3, 0.4) is 0 Å².